The first kappa shape index (κ1) is 11.3. The van der Waals surface area contributed by atoms with Crippen molar-refractivity contribution in [3.8, 4) is 0 Å². The lowest BCUT2D eigenvalue weighted by molar-refractivity contribution is 0.427. The molecule has 0 bridgehead atoms. The Morgan fingerprint density at radius 1 is 1.35 bits per heavy atom. The van der Waals surface area contributed by atoms with Crippen LogP contribution >= 0.6 is 15.9 Å². The van der Waals surface area contributed by atoms with Crippen molar-refractivity contribution >= 4 is 27.7 Å². The molecule has 5 heteroatoms. The van der Waals surface area contributed by atoms with Gasteiger partial charge in [-0.1, -0.05) is 0 Å². The molecule has 0 spiro atoms. The van der Waals surface area contributed by atoms with Crippen molar-refractivity contribution in [3.63, 3.8) is 0 Å². The Morgan fingerprint density at radius 2 is 2.00 bits per heavy atom. The van der Waals surface area contributed by atoms with E-state index in [2.05, 4.69) is 31.2 Å². The molecule has 1 heterocycles. The summed E-state index contributed by atoms with van der Waals surface area (Å²) in [5, 5.41) is 3.42. The maximum absolute atomic E-state index is 5.60. The SMILES string of the molecule is Nc1ncc(Br)c(NCC(C2CC2)C2CC2)n1. The van der Waals surface area contributed by atoms with Crippen molar-refractivity contribution in [2.45, 2.75) is 25.7 Å². The molecule has 3 rings (SSSR count). The van der Waals surface area contributed by atoms with E-state index < -0.39 is 0 Å². The molecule has 17 heavy (non-hydrogen) atoms. The second-order valence-electron chi connectivity index (χ2n) is 5.14. The number of nitrogens with two attached hydrogens (primary N) is 1. The molecular formula is C12H17BrN4. The Labute approximate surface area is 110 Å². The fourth-order valence-electron chi connectivity index (χ4n) is 2.49. The molecule has 1 aromatic heterocycles. The van der Waals surface area contributed by atoms with E-state index in [0.717, 1.165) is 34.6 Å². The van der Waals surface area contributed by atoms with Crippen LogP contribution in [-0.2, 0) is 0 Å². The summed E-state index contributed by atoms with van der Waals surface area (Å²) >= 11 is 3.44. The van der Waals surface area contributed by atoms with Crippen molar-refractivity contribution in [1.82, 2.24) is 9.97 Å². The summed E-state index contributed by atoms with van der Waals surface area (Å²) in [4.78, 5) is 8.15. The number of nitrogens with zero attached hydrogens (tertiary/aromatic N) is 2. The largest absolute Gasteiger partial charge is 0.369 e. The highest BCUT2D eigenvalue weighted by molar-refractivity contribution is 9.10. The van der Waals surface area contributed by atoms with Crippen LogP contribution in [0.2, 0.25) is 0 Å². The third-order valence-corrected chi connectivity index (χ3v) is 4.30. The zero-order valence-electron chi connectivity index (χ0n) is 9.69. The summed E-state index contributed by atoms with van der Waals surface area (Å²) in [6, 6.07) is 0. The molecule has 0 amide bonds. The first-order valence-electron chi connectivity index (χ1n) is 6.26. The van der Waals surface area contributed by atoms with Gasteiger partial charge in [-0.2, -0.15) is 4.98 Å². The molecule has 3 N–H and O–H groups in total. The minimum atomic E-state index is 0.324. The zero-order chi connectivity index (χ0) is 11.8. The van der Waals surface area contributed by atoms with E-state index in [-0.39, 0.29) is 0 Å². The molecule has 0 atom stereocenters. The van der Waals surface area contributed by atoms with Gasteiger partial charge in [0.15, 0.2) is 0 Å². The lowest BCUT2D eigenvalue weighted by Gasteiger charge is -2.17. The Balaban J connectivity index is 1.63. The van der Waals surface area contributed by atoms with Gasteiger partial charge in [-0.15, -0.1) is 0 Å². The molecule has 92 valence electrons. The number of halogens is 1. The third-order valence-electron chi connectivity index (χ3n) is 3.72. The summed E-state index contributed by atoms with van der Waals surface area (Å²) in [5.74, 6) is 3.88. The van der Waals surface area contributed by atoms with Crippen LogP contribution in [0.1, 0.15) is 25.7 Å². The molecule has 1 aromatic rings. The van der Waals surface area contributed by atoms with Crippen LogP contribution in [0.25, 0.3) is 0 Å². The number of aromatic nitrogens is 2. The van der Waals surface area contributed by atoms with E-state index in [1.54, 1.807) is 6.20 Å². The molecule has 0 aliphatic heterocycles. The number of anilines is 2. The fraction of sp³-hybridized carbons (Fsp3) is 0.667. The number of nitrogen functional groups attached to an aromatic ring is 1. The van der Waals surface area contributed by atoms with E-state index in [4.69, 9.17) is 5.73 Å². The number of nitrogens with one attached hydrogen (secondary N) is 1. The highest BCUT2D eigenvalue weighted by Gasteiger charge is 2.41. The molecule has 2 fully saturated rings. The third kappa shape index (κ3) is 2.70. The minimum Gasteiger partial charge on any atom is -0.369 e. The summed E-state index contributed by atoms with van der Waals surface area (Å²) in [5.41, 5.74) is 5.60. The summed E-state index contributed by atoms with van der Waals surface area (Å²) in [6.45, 7) is 1.02. The van der Waals surface area contributed by atoms with Gasteiger partial charge in [0, 0.05) is 12.7 Å². The zero-order valence-corrected chi connectivity index (χ0v) is 11.3. The minimum absolute atomic E-state index is 0.324. The van der Waals surface area contributed by atoms with Crippen LogP contribution in [0.5, 0.6) is 0 Å². The van der Waals surface area contributed by atoms with Crippen LogP contribution in [0.4, 0.5) is 11.8 Å². The van der Waals surface area contributed by atoms with Gasteiger partial charge in [-0.25, -0.2) is 4.98 Å². The fourth-order valence-corrected chi connectivity index (χ4v) is 2.82. The standard InChI is InChI=1S/C12H17BrN4/c13-10-6-16-12(14)17-11(10)15-5-9(7-1-2-7)8-3-4-8/h6-9H,1-5H2,(H3,14,15,16,17). The maximum Gasteiger partial charge on any atom is 0.221 e. The first-order valence-corrected chi connectivity index (χ1v) is 7.05. The van der Waals surface area contributed by atoms with E-state index in [9.17, 15) is 0 Å². The monoisotopic (exact) mass is 296 g/mol. The normalized spacial score (nSPS) is 19.6. The molecule has 0 aromatic carbocycles. The molecule has 4 nitrogen and oxygen atoms in total. The predicted molar refractivity (Wildman–Crippen MR) is 71.6 cm³/mol. The maximum atomic E-state index is 5.60. The summed E-state index contributed by atoms with van der Waals surface area (Å²) in [6.07, 6.45) is 7.35. The van der Waals surface area contributed by atoms with Crippen molar-refractivity contribution in [2.24, 2.45) is 17.8 Å². The highest BCUT2D eigenvalue weighted by atomic mass is 79.9. The first-order chi connectivity index (χ1) is 8.24. The lowest BCUT2D eigenvalue weighted by Crippen LogP contribution is -2.19. The van der Waals surface area contributed by atoms with Crippen LogP contribution in [-0.4, -0.2) is 16.5 Å². The molecule has 2 aliphatic carbocycles. The Hall–Kier alpha value is -0.840. The molecule has 2 saturated carbocycles. The van der Waals surface area contributed by atoms with Crippen molar-refractivity contribution in [2.75, 3.05) is 17.6 Å². The van der Waals surface area contributed by atoms with Gasteiger partial charge >= 0.3 is 0 Å². The van der Waals surface area contributed by atoms with Crippen molar-refractivity contribution in [3.05, 3.63) is 10.7 Å². The van der Waals surface area contributed by atoms with Gasteiger partial charge in [-0.05, 0) is 59.4 Å². The predicted octanol–water partition coefficient (Wildman–Crippen LogP) is 2.67. The average Bonchev–Trinajstić information content (AvgIpc) is 3.14. The van der Waals surface area contributed by atoms with Gasteiger partial charge in [-0.3, -0.25) is 0 Å². The molecule has 2 aliphatic rings. The summed E-state index contributed by atoms with van der Waals surface area (Å²) < 4.78 is 0.886. The molecular weight excluding hydrogens is 280 g/mol. The van der Waals surface area contributed by atoms with E-state index >= 15 is 0 Å². The van der Waals surface area contributed by atoms with Gasteiger partial charge in [0.05, 0.1) is 4.47 Å². The average molecular weight is 297 g/mol. The number of hydrogen-bond donors (Lipinski definition) is 2. The van der Waals surface area contributed by atoms with Crippen LogP contribution < -0.4 is 11.1 Å². The second kappa shape index (κ2) is 4.44. The molecule has 0 radical (unpaired) electrons. The van der Waals surface area contributed by atoms with Gasteiger partial charge in [0.1, 0.15) is 5.82 Å². The van der Waals surface area contributed by atoms with E-state index in [1.165, 1.54) is 25.7 Å². The quantitative estimate of drug-likeness (QED) is 0.877. The Morgan fingerprint density at radius 3 is 2.59 bits per heavy atom. The number of hydrogen-bond acceptors (Lipinski definition) is 4. The highest BCUT2D eigenvalue weighted by Crippen LogP contribution is 2.49. The van der Waals surface area contributed by atoms with Gasteiger partial charge < -0.3 is 11.1 Å². The van der Waals surface area contributed by atoms with Crippen LogP contribution in [0, 0.1) is 17.8 Å². The summed E-state index contributed by atoms with van der Waals surface area (Å²) in [7, 11) is 0. The van der Waals surface area contributed by atoms with Crippen molar-refractivity contribution < 1.29 is 0 Å². The van der Waals surface area contributed by atoms with E-state index in [0.29, 0.717) is 5.95 Å². The Kier molecular flexibility index (Phi) is 2.94. The lowest BCUT2D eigenvalue weighted by atomic mass is 9.98. The van der Waals surface area contributed by atoms with E-state index in [1.807, 2.05) is 0 Å². The topological polar surface area (TPSA) is 63.8 Å². The Bertz CT molecular complexity index is 403. The van der Waals surface area contributed by atoms with Gasteiger partial charge in [0.2, 0.25) is 5.95 Å². The van der Waals surface area contributed by atoms with Crippen LogP contribution in [0.3, 0.4) is 0 Å². The smallest absolute Gasteiger partial charge is 0.221 e. The van der Waals surface area contributed by atoms with Gasteiger partial charge in [0.25, 0.3) is 0 Å². The second-order valence-corrected chi connectivity index (χ2v) is 6.00. The molecule has 0 saturated heterocycles. The van der Waals surface area contributed by atoms with Crippen molar-refractivity contribution in [1.29, 1.82) is 0 Å². The number of rotatable bonds is 5. The molecule has 0 unspecified atom stereocenters. The van der Waals surface area contributed by atoms with Crippen LogP contribution in [0.15, 0.2) is 10.7 Å².